The van der Waals surface area contributed by atoms with Crippen LogP contribution < -0.4 is 0 Å². The highest BCUT2D eigenvalue weighted by Gasteiger charge is 2.33. The van der Waals surface area contributed by atoms with E-state index >= 15 is 0 Å². The Labute approximate surface area is 141 Å². The maximum absolute atomic E-state index is 12.3. The van der Waals surface area contributed by atoms with E-state index in [0.717, 1.165) is 12.8 Å². The van der Waals surface area contributed by atoms with E-state index in [0.29, 0.717) is 24.6 Å². The van der Waals surface area contributed by atoms with Gasteiger partial charge < -0.3 is 9.64 Å². The van der Waals surface area contributed by atoms with Gasteiger partial charge in [-0.3, -0.25) is 9.69 Å². The fourth-order valence-electron chi connectivity index (χ4n) is 2.68. The molecule has 1 aromatic heterocycles. The Bertz CT molecular complexity index is 539. The molecule has 1 aliphatic rings. The normalized spacial score (nSPS) is 18.5. The molecule has 0 N–H and O–H groups in total. The molecule has 0 unspecified atom stereocenters. The van der Waals surface area contributed by atoms with Gasteiger partial charge in [-0.25, -0.2) is 9.78 Å². The average molecular weight is 339 g/mol. The number of Topliss-reactive ketones (excluding diaryl/α,β-unsaturated/α-hetero) is 1. The molecule has 0 bridgehead atoms. The molecule has 23 heavy (non-hydrogen) atoms. The Morgan fingerprint density at radius 1 is 1.48 bits per heavy atom. The number of ketones is 1. The van der Waals surface area contributed by atoms with Crippen LogP contribution in [0.2, 0.25) is 0 Å². The second-order valence-corrected chi connectivity index (χ2v) is 7.82. The van der Waals surface area contributed by atoms with E-state index in [9.17, 15) is 9.59 Å². The Balaban J connectivity index is 1.88. The molecule has 2 heterocycles. The van der Waals surface area contributed by atoms with Gasteiger partial charge in [0.2, 0.25) is 5.78 Å². The predicted octanol–water partition coefficient (Wildman–Crippen LogP) is 2.66. The first-order valence-electron chi connectivity index (χ1n) is 7.87. The molecule has 1 atom stereocenters. The minimum absolute atomic E-state index is 0.0179. The quantitative estimate of drug-likeness (QED) is 0.772. The van der Waals surface area contributed by atoms with Gasteiger partial charge in [0.25, 0.3) is 0 Å². The van der Waals surface area contributed by atoms with Crippen LogP contribution in [-0.2, 0) is 4.74 Å². The number of ether oxygens (including phenoxy) is 1. The van der Waals surface area contributed by atoms with Crippen molar-refractivity contribution in [3.63, 3.8) is 0 Å². The number of thiazole rings is 1. The summed E-state index contributed by atoms with van der Waals surface area (Å²) in [4.78, 5) is 32.2. The summed E-state index contributed by atoms with van der Waals surface area (Å²) in [6.45, 7) is 7.30. The number of amides is 1. The molecule has 1 saturated heterocycles. The smallest absolute Gasteiger partial charge is 0.410 e. The summed E-state index contributed by atoms with van der Waals surface area (Å²) in [5.74, 6) is 0.0179. The van der Waals surface area contributed by atoms with Crippen molar-refractivity contribution in [2.24, 2.45) is 0 Å². The number of rotatable bonds is 5. The highest BCUT2D eigenvalue weighted by atomic mass is 32.1. The second kappa shape index (κ2) is 7.40. The van der Waals surface area contributed by atoms with E-state index < -0.39 is 5.60 Å². The summed E-state index contributed by atoms with van der Waals surface area (Å²) in [5, 5.41) is 2.33. The fraction of sp³-hybridized carbons (Fsp3) is 0.688. The number of nitrogens with zero attached hydrogens (tertiary/aromatic N) is 3. The molecule has 6 nitrogen and oxygen atoms in total. The number of likely N-dealkylation sites (N-methyl/N-ethyl adjacent to an activating group) is 1. The average Bonchev–Trinajstić information content (AvgIpc) is 3.06. The number of hydrogen-bond acceptors (Lipinski definition) is 6. The summed E-state index contributed by atoms with van der Waals surface area (Å²) in [5.41, 5.74) is -0.489. The van der Waals surface area contributed by atoms with E-state index in [1.54, 1.807) is 16.5 Å². The van der Waals surface area contributed by atoms with Gasteiger partial charge in [-0.2, -0.15) is 0 Å². The van der Waals surface area contributed by atoms with Crippen LogP contribution in [0.25, 0.3) is 0 Å². The third-order valence-corrected chi connectivity index (χ3v) is 4.43. The van der Waals surface area contributed by atoms with Gasteiger partial charge in [-0.05, 0) is 40.7 Å². The summed E-state index contributed by atoms with van der Waals surface area (Å²) < 4.78 is 5.47. The molecular formula is C16H25N3O3S. The maximum atomic E-state index is 12.3. The topological polar surface area (TPSA) is 62.7 Å². The second-order valence-electron chi connectivity index (χ2n) is 6.93. The largest absolute Gasteiger partial charge is 0.444 e. The molecule has 7 heteroatoms. The van der Waals surface area contributed by atoms with Crippen molar-refractivity contribution in [3.8, 4) is 0 Å². The molecule has 128 valence electrons. The van der Waals surface area contributed by atoms with Crippen LogP contribution in [0.5, 0.6) is 0 Å². The number of hydrogen-bond donors (Lipinski definition) is 0. The van der Waals surface area contributed by atoms with Crippen LogP contribution in [0.1, 0.15) is 43.4 Å². The summed E-state index contributed by atoms with van der Waals surface area (Å²) >= 11 is 1.36. The standard InChI is InChI=1S/C16H25N3O3S/c1-16(2,3)22-15(21)19-8-5-6-12(19)10-18(4)11-13(20)14-17-7-9-23-14/h7,9,12H,5-6,8,10-11H2,1-4H3/t12-/m1/s1. The van der Waals surface area contributed by atoms with E-state index in [2.05, 4.69) is 4.98 Å². The van der Waals surface area contributed by atoms with Crippen molar-refractivity contribution in [1.82, 2.24) is 14.8 Å². The van der Waals surface area contributed by atoms with Crippen molar-refractivity contribution in [2.75, 3.05) is 26.7 Å². The lowest BCUT2D eigenvalue weighted by Gasteiger charge is -2.30. The molecule has 1 aromatic rings. The third-order valence-electron chi connectivity index (χ3n) is 3.61. The lowest BCUT2D eigenvalue weighted by atomic mass is 10.2. The minimum Gasteiger partial charge on any atom is -0.444 e. The Morgan fingerprint density at radius 2 is 2.22 bits per heavy atom. The zero-order chi connectivity index (χ0) is 17.0. The summed E-state index contributed by atoms with van der Waals surface area (Å²) in [6.07, 6.45) is 3.28. The van der Waals surface area contributed by atoms with E-state index in [-0.39, 0.29) is 17.9 Å². The number of aromatic nitrogens is 1. The SMILES string of the molecule is CN(CC(=O)c1nccs1)C[C@H]1CCCN1C(=O)OC(C)(C)C. The number of likely N-dealkylation sites (tertiary alicyclic amines) is 1. The molecule has 0 spiro atoms. The molecule has 1 amide bonds. The number of carbonyl (C=O) groups excluding carboxylic acids is 2. The van der Waals surface area contributed by atoms with Gasteiger partial charge in [0.05, 0.1) is 6.54 Å². The minimum atomic E-state index is -0.489. The summed E-state index contributed by atoms with van der Waals surface area (Å²) in [6, 6.07) is 0.0962. The number of carbonyl (C=O) groups is 2. The highest BCUT2D eigenvalue weighted by Crippen LogP contribution is 2.21. The van der Waals surface area contributed by atoms with Gasteiger partial charge in [0, 0.05) is 30.7 Å². The maximum Gasteiger partial charge on any atom is 0.410 e. The van der Waals surface area contributed by atoms with E-state index in [4.69, 9.17) is 4.74 Å². The fourth-order valence-corrected chi connectivity index (χ4v) is 3.25. The van der Waals surface area contributed by atoms with Gasteiger partial charge in [0.15, 0.2) is 5.01 Å². The molecule has 0 saturated carbocycles. The van der Waals surface area contributed by atoms with Gasteiger partial charge >= 0.3 is 6.09 Å². The van der Waals surface area contributed by atoms with Crippen LogP contribution in [0.4, 0.5) is 4.79 Å². The van der Waals surface area contributed by atoms with Crippen LogP contribution in [0.15, 0.2) is 11.6 Å². The first-order valence-corrected chi connectivity index (χ1v) is 8.75. The molecule has 1 aliphatic heterocycles. The summed E-state index contributed by atoms with van der Waals surface area (Å²) in [7, 11) is 1.90. The van der Waals surface area contributed by atoms with Crippen molar-refractivity contribution in [3.05, 3.63) is 16.6 Å². The van der Waals surface area contributed by atoms with Gasteiger partial charge in [0.1, 0.15) is 5.60 Å². The predicted molar refractivity (Wildman–Crippen MR) is 89.9 cm³/mol. The highest BCUT2D eigenvalue weighted by molar-refractivity contribution is 7.11. The van der Waals surface area contributed by atoms with Crippen LogP contribution in [0, 0.1) is 0 Å². The van der Waals surface area contributed by atoms with Crippen molar-refractivity contribution in [1.29, 1.82) is 0 Å². The van der Waals surface area contributed by atoms with E-state index in [1.165, 1.54) is 11.3 Å². The Hall–Kier alpha value is -1.47. The lowest BCUT2D eigenvalue weighted by molar-refractivity contribution is 0.0205. The van der Waals surface area contributed by atoms with Crippen LogP contribution in [-0.4, -0.2) is 65.0 Å². The molecular weight excluding hydrogens is 314 g/mol. The molecule has 1 fully saturated rings. The van der Waals surface area contributed by atoms with Crippen LogP contribution >= 0.6 is 11.3 Å². The van der Waals surface area contributed by atoms with E-state index in [1.807, 2.05) is 32.7 Å². The van der Waals surface area contributed by atoms with Gasteiger partial charge in [-0.1, -0.05) is 0 Å². The molecule has 0 aliphatic carbocycles. The lowest BCUT2D eigenvalue weighted by Crippen LogP contribution is -2.45. The van der Waals surface area contributed by atoms with Crippen molar-refractivity contribution >= 4 is 23.2 Å². The Kier molecular flexibility index (Phi) is 5.75. The first-order chi connectivity index (χ1) is 10.8. The molecule has 2 rings (SSSR count). The Morgan fingerprint density at radius 3 is 2.83 bits per heavy atom. The molecule has 0 radical (unpaired) electrons. The third kappa shape index (κ3) is 5.28. The molecule has 0 aromatic carbocycles. The van der Waals surface area contributed by atoms with Crippen LogP contribution in [0.3, 0.4) is 0 Å². The van der Waals surface area contributed by atoms with Crippen molar-refractivity contribution in [2.45, 2.75) is 45.3 Å². The zero-order valence-corrected chi connectivity index (χ0v) is 15.1. The van der Waals surface area contributed by atoms with Gasteiger partial charge in [-0.15, -0.1) is 11.3 Å². The van der Waals surface area contributed by atoms with Crippen molar-refractivity contribution < 1.29 is 14.3 Å². The monoisotopic (exact) mass is 339 g/mol. The zero-order valence-electron chi connectivity index (χ0n) is 14.2. The first kappa shape index (κ1) is 17.9.